The van der Waals surface area contributed by atoms with Gasteiger partial charge in [0.15, 0.2) is 0 Å². The van der Waals surface area contributed by atoms with Crippen molar-refractivity contribution in [3.8, 4) is 11.3 Å². The maximum absolute atomic E-state index is 12.5. The molecule has 0 bridgehead atoms. The van der Waals surface area contributed by atoms with Gasteiger partial charge in [0.05, 0.1) is 12.0 Å². The van der Waals surface area contributed by atoms with Crippen LogP contribution in [0.3, 0.4) is 0 Å². The van der Waals surface area contributed by atoms with Crippen LogP contribution < -0.4 is 21.7 Å². The fraction of sp³-hybridized carbons (Fsp3) is 0.350. The largest absolute Gasteiger partial charge is 0.358 e. The maximum Gasteiger partial charge on any atom is 0.329 e. The Morgan fingerprint density at radius 2 is 1.79 bits per heavy atom. The third-order valence-corrected chi connectivity index (χ3v) is 5.40. The zero-order chi connectivity index (χ0) is 20.4. The predicted molar refractivity (Wildman–Crippen MR) is 109 cm³/mol. The van der Waals surface area contributed by atoms with Gasteiger partial charge >= 0.3 is 5.69 Å². The number of H-pyrrole nitrogens is 1. The Morgan fingerprint density at radius 3 is 2.45 bits per heavy atom. The lowest BCUT2D eigenvalue weighted by atomic mass is 9.96. The van der Waals surface area contributed by atoms with Crippen molar-refractivity contribution < 1.29 is 0 Å². The van der Waals surface area contributed by atoms with Crippen molar-refractivity contribution in [1.29, 1.82) is 0 Å². The molecule has 0 amide bonds. The summed E-state index contributed by atoms with van der Waals surface area (Å²) in [6.45, 7) is 2.03. The number of aromatic amines is 1. The average molecular weight is 394 g/mol. The molecular formula is C20H22N6O3. The van der Waals surface area contributed by atoms with Crippen LogP contribution in [0.15, 0.2) is 57.4 Å². The standard InChI is InChI=1S/C20H22N6O3/c1-24-18(27)11-17(23-20(24)29)25-8-4-14(5-9-25)12-26-13-22-16(10-19(26)28)15-2-6-21-7-3-15/h2-3,6-7,10-11,13-14H,4-5,8-9,12H2,1H3,(H,23,29). The maximum atomic E-state index is 12.5. The minimum Gasteiger partial charge on any atom is -0.358 e. The van der Waals surface area contributed by atoms with Gasteiger partial charge in [-0.3, -0.25) is 28.7 Å². The normalized spacial score (nSPS) is 14.9. The third-order valence-electron chi connectivity index (χ3n) is 5.40. The Kier molecular flexibility index (Phi) is 5.11. The molecular weight excluding hydrogens is 372 g/mol. The molecule has 1 aliphatic heterocycles. The fourth-order valence-corrected chi connectivity index (χ4v) is 3.59. The van der Waals surface area contributed by atoms with Crippen molar-refractivity contribution >= 4 is 5.82 Å². The molecule has 0 aliphatic carbocycles. The van der Waals surface area contributed by atoms with E-state index in [-0.39, 0.29) is 11.1 Å². The highest BCUT2D eigenvalue weighted by Crippen LogP contribution is 2.22. The molecule has 4 heterocycles. The number of pyridine rings is 1. The van der Waals surface area contributed by atoms with Gasteiger partial charge in [0.25, 0.3) is 11.1 Å². The second kappa shape index (κ2) is 7.86. The molecule has 3 aromatic heterocycles. The topological polar surface area (TPSA) is 106 Å². The molecule has 1 aliphatic rings. The Balaban J connectivity index is 1.42. The number of hydrogen-bond acceptors (Lipinski definition) is 6. The van der Waals surface area contributed by atoms with Crippen LogP contribution in [0, 0.1) is 5.92 Å². The van der Waals surface area contributed by atoms with Gasteiger partial charge in [-0.15, -0.1) is 0 Å². The van der Waals surface area contributed by atoms with Crippen molar-refractivity contribution in [3.63, 3.8) is 0 Å². The van der Waals surface area contributed by atoms with E-state index in [1.54, 1.807) is 29.4 Å². The summed E-state index contributed by atoms with van der Waals surface area (Å²) in [6, 6.07) is 6.65. The minimum absolute atomic E-state index is 0.0786. The van der Waals surface area contributed by atoms with Crippen LogP contribution in [0.2, 0.25) is 0 Å². The first-order valence-electron chi connectivity index (χ1n) is 9.53. The number of anilines is 1. The Hall–Kier alpha value is -3.49. The molecule has 0 spiro atoms. The van der Waals surface area contributed by atoms with Gasteiger partial charge < -0.3 is 4.90 Å². The van der Waals surface area contributed by atoms with Crippen LogP contribution in [0.1, 0.15) is 12.8 Å². The first-order chi connectivity index (χ1) is 14.0. The van der Waals surface area contributed by atoms with Gasteiger partial charge in [-0.05, 0) is 30.9 Å². The number of hydrogen-bond donors (Lipinski definition) is 1. The van der Waals surface area contributed by atoms with E-state index >= 15 is 0 Å². The van der Waals surface area contributed by atoms with Crippen molar-refractivity contribution in [2.24, 2.45) is 13.0 Å². The van der Waals surface area contributed by atoms with Crippen molar-refractivity contribution in [3.05, 3.63) is 74.2 Å². The van der Waals surface area contributed by atoms with Crippen molar-refractivity contribution in [1.82, 2.24) is 24.1 Å². The van der Waals surface area contributed by atoms with Crippen LogP contribution in [0.4, 0.5) is 5.82 Å². The van der Waals surface area contributed by atoms with E-state index in [1.807, 2.05) is 17.0 Å². The average Bonchev–Trinajstić information content (AvgIpc) is 2.74. The molecule has 0 saturated carbocycles. The van der Waals surface area contributed by atoms with E-state index in [0.29, 0.717) is 37.1 Å². The quantitative estimate of drug-likeness (QED) is 0.695. The summed E-state index contributed by atoms with van der Waals surface area (Å²) < 4.78 is 2.69. The molecule has 0 aromatic carbocycles. The predicted octanol–water partition coefficient (Wildman–Crippen LogP) is 0.609. The SMILES string of the molecule is Cn1c(=O)cc(N2CCC(Cn3cnc(-c4ccncc4)cc3=O)CC2)[nH]c1=O. The molecule has 9 nitrogen and oxygen atoms in total. The number of nitrogens with one attached hydrogen (secondary N) is 1. The highest BCUT2D eigenvalue weighted by atomic mass is 16.2. The van der Waals surface area contributed by atoms with Gasteiger partial charge in [0, 0.05) is 56.8 Å². The Morgan fingerprint density at radius 1 is 1.07 bits per heavy atom. The number of aromatic nitrogens is 5. The number of piperidine rings is 1. The summed E-state index contributed by atoms with van der Waals surface area (Å²) in [4.78, 5) is 49.3. The molecule has 29 heavy (non-hydrogen) atoms. The second-order valence-corrected chi connectivity index (χ2v) is 7.29. The molecule has 150 valence electrons. The lowest BCUT2D eigenvalue weighted by molar-refractivity contribution is 0.350. The second-order valence-electron chi connectivity index (χ2n) is 7.29. The van der Waals surface area contributed by atoms with E-state index in [4.69, 9.17) is 0 Å². The molecule has 4 rings (SSSR count). The van der Waals surface area contributed by atoms with Crippen LogP contribution in [-0.2, 0) is 13.6 Å². The lowest BCUT2D eigenvalue weighted by Gasteiger charge is -2.33. The van der Waals surface area contributed by atoms with Crippen LogP contribution in [-0.4, -0.2) is 37.2 Å². The van der Waals surface area contributed by atoms with Crippen molar-refractivity contribution in [2.45, 2.75) is 19.4 Å². The van der Waals surface area contributed by atoms with Crippen LogP contribution in [0.5, 0.6) is 0 Å². The summed E-state index contributed by atoms with van der Waals surface area (Å²) in [6.07, 6.45) is 6.66. The van der Waals surface area contributed by atoms with E-state index in [1.165, 1.54) is 13.1 Å². The summed E-state index contributed by atoms with van der Waals surface area (Å²) in [5.41, 5.74) is 0.683. The first-order valence-corrected chi connectivity index (χ1v) is 9.53. The zero-order valence-electron chi connectivity index (χ0n) is 16.1. The minimum atomic E-state index is -0.415. The summed E-state index contributed by atoms with van der Waals surface area (Å²) in [5.74, 6) is 0.882. The molecule has 0 atom stereocenters. The van der Waals surface area contributed by atoms with E-state index in [0.717, 1.165) is 23.0 Å². The van der Waals surface area contributed by atoms with Crippen molar-refractivity contribution in [2.75, 3.05) is 18.0 Å². The highest BCUT2D eigenvalue weighted by molar-refractivity contribution is 5.57. The summed E-state index contributed by atoms with van der Waals surface area (Å²) in [7, 11) is 1.45. The zero-order valence-corrected chi connectivity index (χ0v) is 16.1. The fourth-order valence-electron chi connectivity index (χ4n) is 3.59. The number of rotatable bonds is 4. The smallest absolute Gasteiger partial charge is 0.329 e. The highest BCUT2D eigenvalue weighted by Gasteiger charge is 2.21. The monoisotopic (exact) mass is 394 g/mol. The van der Waals surface area contributed by atoms with Gasteiger partial charge in [-0.1, -0.05) is 0 Å². The molecule has 9 heteroatoms. The Bertz CT molecular complexity index is 1140. The molecule has 1 N–H and O–H groups in total. The van der Waals surface area contributed by atoms with Gasteiger partial charge in [0.2, 0.25) is 0 Å². The van der Waals surface area contributed by atoms with E-state index < -0.39 is 5.69 Å². The summed E-state index contributed by atoms with van der Waals surface area (Å²) >= 11 is 0. The number of nitrogens with zero attached hydrogens (tertiary/aromatic N) is 5. The Labute approximate surface area is 166 Å². The molecule has 1 saturated heterocycles. The van der Waals surface area contributed by atoms with E-state index in [2.05, 4.69) is 15.0 Å². The molecule has 3 aromatic rings. The third kappa shape index (κ3) is 4.03. The van der Waals surface area contributed by atoms with Gasteiger partial charge in [-0.25, -0.2) is 9.78 Å². The lowest BCUT2D eigenvalue weighted by Crippen LogP contribution is -2.40. The summed E-state index contributed by atoms with van der Waals surface area (Å²) in [5, 5.41) is 0. The molecule has 0 radical (unpaired) electrons. The van der Waals surface area contributed by atoms with Crippen LogP contribution in [0.25, 0.3) is 11.3 Å². The molecule has 1 fully saturated rings. The van der Waals surface area contributed by atoms with Gasteiger partial charge in [0.1, 0.15) is 5.82 Å². The molecule has 0 unspecified atom stereocenters. The van der Waals surface area contributed by atoms with Gasteiger partial charge in [-0.2, -0.15) is 0 Å². The first kappa shape index (κ1) is 18.9. The van der Waals surface area contributed by atoms with E-state index in [9.17, 15) is 14.4 Å². The van der Waals surface area contributed by atoms with Crippen LogP contribution >= 0.6 is 0 Å².